The molecule has 7 heteroatoms. The number of aliphatic hydroxyl groups is 4. The fraction of sp³-hybridized carbons (Fsp3) is 0.857. The number of methoxy groups -OCH3 is 1. The Kier molecular flexibility index (Phi) is 11.3. The van der Waals surface area contributed by atoms with Gasteiger partial charge in [-0.05, 0) is 18.8 Å². The van der Waals surface area contributed by atoms with E-state index in [1.54, 1.807) is 27.7 Å². The van der Waals surface area contributed by atoms with Crippen molar-refractivity contribution in [1.82, 2.24) is 0 Å². The zero-order valence-electron chi connectivity index (χ0n) is 13.5. The van der Waals surface area contributed by atoms with Gasteiger partial charge in [-0.3, -0.25) is 4.79 Å². The van der Waals surface area contributed by atoms with Crippen molar-refractivity contribution in [2.24, 2.45) is 11.8 Å². The van der Waals surface area contributed by atoms with E-state index in [2.05, 4.69) is 4.74 Å². The molecule has 21 heavy (non-hydrogen) atoms. The Morgan fingerprint density at radius 2 is 1.14 bits per heavy atom. The predicted octanol–water partition coefficient (Wildman–Crippen LogP) is -0.510. The van der Waals surface area contributed by atoms with Crippen molar-refractivity contribution in [3.8, 4) is 0 Å². The van der Waals surface area contributed by atoms with Gasteiger partial charge in [-0.15, -0.1) is 0 Å². The Bertz CT molecular complexity index is 314. The van der Waals surface area contributed by atoms with E-state index in [0.29, 0.717) is 0 Å². The molecule has 0 heterocycles. The highest BCUT2D eigenvalue weighted by Crippen LogP contribution is 2.07. The van der Waals surface area contributed by atoms with Crippen molar-refractivity contribution < 1.29 is 34.8 Å². The predicted molar refractivity (Wildman–Crippen MR) is 76.4 cm³/mol. The molecule has 4 atom stereocenters. The molecule has 0 aliphatic rings. The van der Waals surface area contributed by atoms with Gasteiger partial charge in [0.15, 0.2) is 11.9 Å². The van der Waals surface area contributed by atoms with Crippen molar-refractivity contribution in [3.05, 3.63) is 0 Å². The highest BCUT2D eigenvalue weighted by atomic mass is 16.5. The summed E-state index contributed by atoms with van der Waals surface area (Å²) in [5, 5.41) is 36.2. The molecule has 0 aromatic carbocycles. The third-order valence-electron chi connectivity index (χ3n) is 2.87. The monoisotopic (exact) mass is 308 g/mol. The first-order valence-corrected chi connectivity index (χ1v) is 6.77. The van der Waals surface area contributed by atoms with Crippen LogP contribution in [0.25, 0.3) is 0 Å². The van der Waals surface area contributed by atoms with E-state index in [-0.39, 0.29) is 17.6 Å². The van der Waals surface area contributed by atoms with Gasteiger partial charge in [0.25, 0.3) is 0 Å². The highest BCUT2D eigenvalue weighted by molar-refractivity contribution is 5.80. The second-order valence-electron chi connectivity index (χ2n) is 5.49. The molecule has 0 saturated heterocycles. The average molecular weight is 308 g/mol. The molecule has 126 valence electrons. The van der Waals surface area contributed by atoms with Crippen LogP contribution in [0.2, 0.25) is 0 Å². The number of hydrogen-bond donors (Lipinski definition) is 4. The molecule has 0 rings (SSSR count). The summed E-state index contributed by atoms with van der Waals surface area (Å²) >= 11 is 0. The van der Waals surface area contributed by atoms with Crippen molar-refractivity contribution in [1.29, 1.82) is 0 Å². The fourth-order valence-corrected chi connectivity index (χ4v) is 1.23. The first-order valence-electron chi connectivity index (χ1n) is 6.77. The van der Waals surface area contributed by atoms with Crippen LogP contribution in [0, 0.1) is 11.8 Å². The smallest absolute Gasteiger partial charge is 0.337 e. The average Bonchev–Trinajstić information content (AvgIpc) is 2.43. The summed E-state index contributed by atoms with van der Waals surface area (Å²) in [7, 11) is 1.17. The van der Waals surface area contributed by atoms with Crippen molar-refractivity contribution in [2.75, 3.05) is 7.11 Å². The van der Waals surface area contributed by atoms with Gasteiger partial charge in [0, 0.05) is 0 Å². The van der Waals surface area contributed by atoms with Crippen molar-refractivity contribution in [3.63, 3.8) is 0 Å². The van der Waals surface area contributed by atoms with Gasteiger partial charge in [-0.2, -0.15) is 0 Å². The van der Waals surface area contributed by atoms with Gasteiger partial charge < -0.3 is 25.2 Å². The van der Waals surface area contributed by atoms with Crippen LogP contribution in [-0.2, 0) is 14.3 Å². The summed E-state index contributed by atoms with van der Waals surface area (Å²) in [4.78, 5) is 21.1. The van der Waals surface area contributed by atoms with Gasteiger partial charge in [0.05, 0.1) is 19.3 Å². The maximum absolute atomic E-state index is 10.6. The molecule has 0 spiro atoms. The van der Waals surface area contributed by atoms with E-state index in [4.69, 9.17) is 20.4 Å². The third kappa shape index (κ3) is 8.77. The zero-order chi connectivity index (χ0) is 17.3. The summed E-state index contributed by atoms with van der Waals surface area (Å²) in [6.45, 7) is 8.16. The van der Waals surface area contributed by atoms with Gasteiger partial charge >= 0.3 is 5.97 Å². The third-order valence-corrected chi connectivity index (χ3v) is 2.87. The lowest BCUT2D eigenvalue weighted by atomic mass is 10.00. The molecule has 0 fully saturated rings. The summed E-state index contributed by atoms with van der Waals surface area (Å²) in [5.41, 5.74) is 0. The molecule has 4 N–H and O–H groups in total. The number of aliphatic hydroxyl groups excluding tert-OH is 4. The van der Waals surface area contributed by atoms with Crippen LogP contribution < -0.4 is 0 Å². The number of esters is 1. The molecule has 0 aromatic heterocycles. The lowest BCUT2D eigenvalue weighted by Crippen LogP contribution is -2.38. The molecule has 4 unspecified atom stereocenters. The number of carbonyl (C=O) groups excluding carboxylic acids is 2. The highest BCUT2D eigenvalue weighted by Gasteiger charge is 2.27. The van der Waals surface area contributed by atoms with Crippen LogP contribution in [0.15, 0.2) is 0 Å². The molecule has 0 saturated carbocycles. The van der Waals surface area contributed by atoms with E-state index in [0.717, 1.165) is 0 Å². The number of ether oxygens (including phenoxy) is 1. The van der Waals surface area contributed by atoms with Gasteiger partial charge in [0.2, 0.25) is 0 Å². The number of rotatable bonds is 6. The largest absolute Gasteiger partial charge is 0.467 e. The zero-order valence-corrected chi connectivity index (χ0v) is 13.5. The van der Waals surface area contributed by atoms with E-state index in [1.165, 1.54) is 14.0 Å². The lowest BCUT2D eigenvalue weighted by Gasteiger charge is -2.18. The molecule has 0 aromatic rings. The van der Waals surface area contributed by atoms with Crippen LogP contribution in [0.1, 0.15) is 34.6 Å². The van der Waals surface area contributed by atoms with Gasteiger partial charge in [0.1, 0.15) is 6.10 Å². The Morgan fingerprint density at radius 3 is 1.33 bits per heavy atom. The van der Waals surface area contributed by atoms with Crippen LogP contribution in [0.3, 0.4) is 0 Å². The molecule has 0 radical (unpaired) electrons. The molecule has 0 bridgehead atoms. The summed E-state index contributed by atoms with van der Waals surface area (Å²) in [6, 6.07) is 0. The van der Waals surface area contributed by atoms with Crippen LogP contribution in [0.5, 0.6) is 0 Å². The second-order valence-corrected chi connectivity index (χ2v) is 5.49. The van der Waals surface area contributed by atoms with Crippen molar-refractivity contribution >= 4 is 11.8 Å². The molecular weight excluding hydrogens is 280 g/mol. The minimum Gasteiger partial charge on any atom is -0.467 e. The Labute approximate surface area is 125 Å². The van der Waals surface area contributed by atoms with E-state index >= 15 is 0 Å². The number of carbonyl (C=O) groups is 2. The SMILES string of the molecule is CC(=O)C(O)C(O)C(C)C.COC(=O)C(O)C(O)C(C)C. The fourth-order valence-electron chi connectivity index (χ4n) is 1.23. The van der Waals surface area contributed by atoms with E-state index in [1.807, 2.05) is 0 Å². The molecule has 0 aliphatic heterocycles. The van der Waals surface area contributed by atoms with Crippen molar-refractivity contribution in [2.45, 2.75) is 59.0 Å². The van der Waals surface area contributed by atoms with Crippen LogP contribution in [0.4, 0.5) is 0 Å². The minimum atomic E-state index is -1.43. The molecule has 0 aliphatic carbocycles. The number of Topliss-reactive ketones (excluding diaryl/α,β-unsaturated/α-hetero) is 1. The van der Waals surface area contributed by atoms with Gasteiger partial charge in [-0.1, -0.05) is 27.7 Å². The van der Waals surface area contributed by atoms with Gasteiger partial charge in [-0.25, -0.2) is 4.79 Å². The Hall–Kier alpha value is -1.02. The number of hydrogen-bond acceptors (Lipinski definition) is 7. The Morgan fingerprint density at radius 1 is 0.810 bits per heavy atom. The van der Waals surface area contributed by atoms with Crippen LogP contribution >= 0.6 is 0 Å². The lowest BCUT2D eigenvalue weighted by molar-refractivity contribution is -0.158. The minimum absolute atomic E-state index is 0.0844. The summed E-state index contributed by atoms with van der Waals surface area (Å²) < 4.78 is 4.23. The molecular formula is C14H28O7. The molecule has 0 amide bonds. The summed E-state index contributed by atoms with van der Waals surface area (Å²) in [6.07, 6.45) is -4.64. The maximum Gasteiger partial charge on any atom is 0.337 e. The second kappa shape index (κ2) is 10.7. The summed E-state index contributed by atoms with van der Waals surface area (Å²) in [5.74, 6) is -1.43. The normalized spacial score (nSPS) is 16.6. The Balaban J connectivity index is 0. The van der Waals surface area contributed by atoms with Crippen LogP contribution in [-0.4, -0.2) is 63.7 Å². The topological polar surface area (TPSA) is 124 Å². The van der Waals surface area contributed by atoms with E-state index < -0.39 is 30.4 Å². The number of ketones is 1. The molecule has 7 nitrogen and oxygen atoms in total. The quantitative estimate of drug-likeness (QED) is 0.487. The standard InChI is InChI=1S/C7H14O4.C7H14O3/c1-4(2)5(8)6(9)7(10)11-3;1-4(2)6(9)7(10)5(3)8/h4-6,8-9H,1-3H3;4,6-7,9-10H,1-3H3. The first kappa shape index (κ1) is 22.3. The van der Waals surface area contributed by atoms with E-state index in [9.17, 15) is 9.59 Å². The first-order chi connectivity index (χ1) is 9.47. The maximum atomic E-state index is 10.6.